The second-order valence-corrected chi connectivity index (χ2v) is 12.2. The fraction of sp³-hybridized carbons (Fsp3) is 0.696. The number of benzene rings is 1. The van der Waals surface area contributed by atoms with Gasteiger partial charge in [-0.05, 0) is 57.6 Å². The van der Waals surface area contributed by atoms with E-state index in [1.807, 2.05) is 18.0 Å². The molecule has 1 spiro atoms. The first-order chi connectivity index (χ1) is 14.6. The molecule has 172 valence electrons. The van der Waals surface area contributed by atoms with E-state index >= 15 is 0 Å². The molecule has 0 aromatic heterocycles. The Balaban J connectivity index is 1.57. The zero-order valence-electron chi connectivity index (χ0n) is 18.6. The molecule has 1 heterocycles. The molecule has 3 fully saturated rings. The molecule has 1 aromatic rings. The lowest BCUT2D eigenvalue weighted by Gasteiger charge is -2.50. The Hall–Kier alpha value is -1.64. The van der Waals surface area contributed by atoms with Crippen LogP contribution in [0, 0.1) is 0 Å². The molecule has 7 nitrogen and oxygen atoms in total. The fourth-order valence-electron chi connectivity index (χ4n) is 5.62. The van der Waals surface area contributed by atoms with Crippen LogP contribution in [0.2, 0.25) is 0 Å². The van der Waals surface area contributed by atoms with Gasteiger partial charge in [0.2, 0.25) is 0 Å². The Morgan fingerprint density at radius 1 is 1.06 bits per heavy atom. The largest absolute Gasteiger partial charge is 0.388 e. The maximum absolute atomic E-state index is 13.3. The average Bonchev–Trinajstić information content (AvgIpc) is 2.98. The maximum Gasteiger partial charge on any atom is 0.320 e. The van der Waals surface area contributed by atoms with Crippen LogP contribution in [0.3, 0.4) is 0 Å². The zero-order chi connectivity index (χ0) is 22.3. The fourth-order valence-corrected chi connectivity index (χ4v) is 6.17. The van der Waals surface area contributed by atoms with Gasteiger partial charge in [0, 0.05) is 24.9 Å². The number of nitrogens with zero attached hydrogens (tertiary/aromatic N) is 2. The minimum atomic E-state index is -3.15. The van der Waals surface area contributed by atoms with Crippen LogP contribution in [0.4, 0.5) is 4.79 Å². The molecular weight excluding hydrogens is 414 g/mol. The Bertz CT molecular complexity index is 906. The number of β-amino-alcohol motifs (C(OH)–C–C–N with tert-alkyl or cyclic N) is 1. The molecular formula is C23H35N3O4S. The van der Waals surface area contributed by atoms with Gasteiger partial charge < -0.3 is 20.2 Å². The lowest BCUT2D eigenvalue weighted by Crippen LogP contribution is -2.59. The van der Waals surface area contributed by atoms with E-state index in [9.17, 15) is 18.3 Å². The third-order valence-electron chi connectivity index (χ3n) is 7.87. The predicted molar refractivity (Wildman–Crippen MR) is 121 cm³/mol. The van der Waals surface area contributed by atoms with Crippen molar-refractivity contribution in [2.45, 2.75) is 61.6 Å². The molecule has 2 N–H and O–H groups in total. The number of rotatable bonds is 7. The van der Waals surface area contributed by atoms with Crippen LogP contribution in [0.15, 0.2) is 30.3 Å². The van der Waals surface area contributed by atoms with E-state index in [2.05, 4.69) is 29.6 Å². The number of hydrogen-bond acceptors (Lipinski definition) is 5. The maximum atomic E-state index is 13.3. The molecule has 0 radical (unpaired) electrons. The van der Waals surface area contributed by atoms with E-state index in [0.29, 0.717) is 13.1 Å². The quantitative estimate of drug-likeness (QED) is 0.666. The van der Waals surface area contributed by atoms with Gasteiger partial charge in [0.25, 0.3) is 0 Å². The summed E-state index contributed by atoms with van der Waals surface area (Å²) in [4.78, 5) is 16.9. The molecule has 1 saturated heterocycles. The topological polar surface area (TPSA) is 90.0 Å². The summed E-state index contributed by atoms with van der Waals surface area (Å²) in [5.41, 5.74) is -0.0224. The van der Waals surface area contributed by atoms with E-state index in [1.165, 1.54) is 11.8 Å². The van der Waals surface area contributed by atoms with Gasteiger partial charge in [-0.3, -0.25) is 0 Å². The van der Waals surface area contributed by atoms with Crippen LogP contribution in [-0.2, 0) is 15.4 Å². The number of aliphatic hydroxyl groups is 1. The summed E-state index contributed by atoms with van der Waals surface area (Å²) >= 11 is 0. The van der Waals surface area contributed by atoms with Gasteiger partial charge in [0.1, 0.15) is 9.84 Å². The van der Waals surface area contributed by atoms with Crippen molar-refractivity contribution in [1.29, 1.82) is 0 Å². The van der Waals surface area contributed by atoms with Gasteiger partial charge in [-0.25, -0.2) is 13.2 Å². The number of carbonyl (C=O) groups excluding carboxylic acids is 1. The lowest BCUT2D eigenvalue weighted by molar-refractivity contribution is -0.0690. The van der Waals surface area contributed by atoms with E-state index in [4.69, 9.17) is 0 Å². The third-order valence-corrected chi connectivity index (χ3v) is 8.79. The first kappa shape index (κ1) is 22.6. The van der Waals surface area contributed by atoms with Gasteiger partial charge in [0.15, 0.2) is 0 Å². The predicted octanol–water partition coefficient (Wildman–Crippen LogP) is 2.11. The van der Waals surface area contributed by atoms with Crippen molar-refractivity contribution in [3.63, 3.8) is 0 Å². The van der Waals surface area contributed by atoms with E-state index in [1.54, 1.807) is 4.90 Å². The lowest BCUT2D eigenvalue weighted by atomic mass is 9.68. The highest BCUT2D eigenvalue weighted by Crippen LogP contribution is 2.48. The Kier molecular flexibility index (Phi) is 5.85. The van der Waals surface area contributed by atoms with Crippen molar-refractivity contribution in [2.75, 3.05) is 38.7 Å². The van der Waals surface area contributed by atoms with Crippen LogP contribution in [0.1, 0.15) is 50.5 Å². The van der Waals surface area contributed by atoms with Gasteiger partial charge in [-0.2, -0.15) is 0 Å². The summed E-state index contributed by atoms with van der Waals surface area (Å²) in [6.07, 6.45) is 7.05. The second-order valence-electron chi connectivity index (χ2n) is 9.92. The van der Waals surface area contributed by atoms with E-state index in [-0.39, 0.29) is 29.4 Å². The molecule has 3 aliphatic rings. The molecule has 8 heteroatoms. The Morgan fingerprint density at radius 3 is 2.23 bits per heavy atom. The van der Waals surface area contributed by atoms with Crippen molar-refractivity contribution in [2.24, 2.45) is 0 Å². The summed E-state index contributed by atoms with van der Waals surface area (Å²) in [7, 11) is -1.16. The number of carbonyl (C=O) groups is 1. The van der Waals surface area contributed by atoms with Crippen molar-refractivity contribution < 1.29 is 18.3 Å². The van der Waals surface area contributed by atoms with Crippen LogP contribution in [-0.4, -0.2) is 79.2 Å². The van der Waals surface area contributed by atoms with E-state index in [0.717, 1.165) is 44.9 Å². The van der Waals surface area contributed by atoms with E-state index < -0.39 is 15.4 Å². The number of sulfone groups is 1. The average molecular weight is 450 g/mol. The van der Waals surface area contributed by atoms with Gasteiger partial charge >= 0.3 is 6.03 Å². The normalized spacial score (nSPS) is 30.6. The zero-order valence-corrected chi connectivity index (χ0v) is 19.5. The smallest absolute Gasteiger partial charge is 0.320 e. The van der Waals surface area contributed by atoms with Gasteiger partial charge in [-0.1, -0.05) is 30.3 Å². The number of nitrogens with one attached hydrogen (secondary N) is 1. The van der Waals surface area contributed by atoms with Crippen LogP contribution < -0.4 is 5.32 Å². The molecule has 1 aromatic carbocycles. The molecule has 2 amide bonds. The van der Waals surface area contributed by atoms with Crippen LogP contribution in [0.25, 0.3) is 0 Å². The van der Waals surface area contributed by atoms with Crippen molar-refractivity contribution in [3.8, 4) is 0 Å². The number of amides is 2. The summed E-state index contributed by atoms with van der Waals surface area (Å²) in [5, 5.41) is 14.4. The highest BCUT2D eigenvalue weighted by Gasteiger charge is 2.55. The monoisotopic (exact) mass is 449 g/mol. The Labute approximate surface area is 185 Å². The first-order valence-corrected chi connectivity index (χ1v) is 13.4. The third kappa shape index (κ3) is 4.34. The second kappa shape index (κ2) is 8.05. The number of urea groups is 1. The molecule has 2 aliphatic carbocycles. The van der Waals surface area contributed by atoms with Gasteiger partial charge in [0.05, 0.1) is 23.4 Å². The van der Waals surface area contributed by atoms with Gasteiger partial charge in [-0.15, -0.1) is 0 Å². The summed E-state index contributed by atoms with van der Waals surface area (Å²) in [5.74, 6) is -0.0304. The molecule has 0 atom stereocenters. The SMILES string of the molecule is CN[C@]1(c2ccccc2)CC[C@@]2(CC1)CN(CCS(C)(=O)=O)C(=O)N2CC1(O)CCC1. The summed E-state index contributed by atoms with van der Waals surface area (Å²) in [6, 6.07) is 10.3. The minimum Gasteiger partial charge on any atom is -0.388 e. The molecule has 0 unspecified atom stereocenters. The minimum absolute atomic E-state index is 0.0304. The van der Waals surface area contributed by atoms with Crippen molar-refractivity contribution in [3.05, 3.63) is 35.9 Å². The van der Waals surface area contributed by atoms with Crippen LogP contribution >= 0.6 is 0 Å². The molecule has 0 bridgehead atoms. The summed E-state index contributed by atoms with van der Waals surface area (Å²) in [6.45, 7) is 1.09. The highest BCUT2D eigenvalue weighted by atomic mass is 32.2. The van der Waals surface area contributed by atoms with Crippen LogP contribution in [0.5, 0.6) is 0 Å². The highest BCUT2D eigenvalue weighted by molar-refractivity contribution is 7.90. The molecule has 31 heavy (non-hydrogen) atoms. The first-order valence-electron chi connectivity index (χ1n) is 11.3. The van der Waals surface area contributed by atoms with Crippen molar-refractivity contribution >= 4 is 15.9 Å². The molecule has 4 rings (SSSR count). The molecule has 2 saturated carbocycles. The number of hydrogen-bond donors (Lipinski definition) is 2. The summed E-state index contributed by atoms with van der Waals surface area (Å²) < 4.78 is 23.4. The van der Waals surface area contributed by atoms with Crippen molar-refractivity contribution in [1.82, 2.24) is 15.1 Å². The molecule has 1 aliphatic heterocycles. The Morgan fingerprint density at radius 2 is 1.71 bits per heavy atom. The standard InChI is InChI=1S/C23H35N3O4S/c1-24-23(19-7-4-3-5-8-19)13-11-21(12-14-23)17-25(15-16-31(2,29)30)20(27)26(21)18-22(28)9-6-10-22/h3-5,7-8,24,28H,6,9-18H2,1-2H3/t21-,23-.